The molecule has 1 heterocycles. The number of cyclic esters (lactones) is 1. The fourth-order valence-corrected chi connectivity index (χ4v) is 4.07. The Labute approximate surface area is 167 Å². The second kappa shape index (κ2) is 6.41. The largest absolute Gasteiger partial charge is 0.507 e. The molecule has 0 unspecified atom stereocenters. The van der Waals surface area contributed by atoms with Crippen LogP contribution in [0.3, 0.4) is 0 Å². The normalized spacial score (nSPS) is 12.8. The van der Waals surface area contributed by atoms with Gasteiger partial charge in [0.1, 0.15) is 12.4 Å². The van der Waals surface area contributed by atoms with Crippen molar-refractivity contribution in [2.24, 2.45) is 0 Å². The number of fused-ring (bicyclic) bond motifs is 3. The van der Waals surface area contributed by atoms with E-state index in [9.17, 15) is 9.90 Å². The number of phenols is 1. The predicted octanol–water partition coefficient (Wildman–Crippen LogP) is 5.05. The van der Waals surface area contributed by atoms with Gasteiger partial charge >= 0.3 is 5.97 Å². The maximum Gasteiger partial charge on any atom is 0.339 e. The summed E-state index contributed by atoms with van der Waals surface area (Å²) in [7, 11) is 3.10. The van der Waals surface area contributed by atoms with Gasteiger partial charge < -0.3 is 19.3 Å². The molecule has 0 bridgehead atoms. The van der Waals surface area contributed by atoms with Crippen molar-refractivity contribution in [3.8, 4) is 28.4 Å². The van der Waals surface area contributed by atoms with Crippen LogP contribution >= 0.6 is 0 Å². The fraction of sp³-hybridized carbons (Fsp3) is 0.125. The van der Waals surface area contributed by atoms with Crippen LogP contribution < -0.4 is 9.47 Å². The number of carbonyl (C=O) groups is 1. The van der Waals surface area contributed by atoms with Crippen LogP contribution in [0.15, 0.2) is 54.6 Å². The lowest BCUT2D eigenvalue weighted by molar-refractivity contribution is 0.0535. The van der Waals surface area contributed by atoms with Gasteiger partial charge in [-0.1, -0.05) is 36.4 Å². The first-order chi connectivity index (χ1) is 14.1. The fourth-order valence-electron chi connectivity index (χ4n) is 4.07. The smallest absolute Gasteiger partial charge is 0.339 e. The summed E-state index contributed by atoms with van der Waals surface area (Å²) in [6.07, 6.45) is 0. The first-order valence-corrected chi connectivity index (χ1v) is 9.22. The average Bonchev–Trinajstić information content (AvgIpc) is 3.14. The highest BCUT2D eigenvalue weighted by atomic mass is 16.5. The number of hydrogen-bond donors (Lipinski definition) is 1. The SMILES string of the molecule is COc1cc2c(O)c3c(c(-c4ccc5ccccc5c4)c2cc1OC)C(=O)OC3. The van der Waals surface area contributed by atoms with Crippen molar-refractivity contribution in [1.29, 1.82) is 0 Å². The molecule has 1 aliphatic heterocycles. The average molecular weight is 386 g/mol. The van der Waals surface area contributed by atoms with Crippen molar-refractivity contribution >= 4 is 27.5 Å². The lowest BCUT2D eigenvalue weighted by Gasteiger charge is -2.16. The number of rotatable bonds is 3. The van der Waals surface area contributed by atoms with Gasteiger partial charge in [0.05, 0.1) is 19.8 Å². The molecule has 5 rings (SSSR count). The summed E-state index contributed by atoms with van der Waals surface area (Å²) in [5.41, 5.74) is 2.49. The van der Waals surface area contributed by atoms with Crippen LogP contribution in [0.1, 0.15) is 15.9 Å². The van der Waals surface area contributed by atoms with Gasteiger partial charge in [-0.15, -0.1) is 0 Å². The molecule has 0 spiro atoms. The Hall–Kier alpha value is -3.73. The quantitative estimate of drug-likeness (QED) is 0.499. The Morgan fingerprint density at radius 1 is 0.862 bits per heavy atom. The minimum Gasteiger partial charge on any atom is -0.507 e. The van der Waals surface area contributed by atoms with Crippen LogP contribution in [0.4, 0.5) is 0 Å². The molecular weight excluding hydrogens is 368 g/mol. The standard InChI is InChI=1S/C24H18O5/c1-27-19-10-16-17(11-20(19)28-2)23(25)18-12-29-24(26)22(18)21(16)15-8-7-13-5-3-4-6-14(13)9-15/h3-11,25H,12H2,1-2H3. The molecule has 0 amide bonds. The summed E-state index contributed by atoms with van der Waals surface area (Å²) in [6.45, 7) is 0.0465. The highest BCUT2D eigenvalue weighted by molar-refractivity contribution is 6.14. The van der Waals surface area contributed by atoms with E-state index in [0.717, 1.165) is 21.9 Å². The Morgan fingerprint density at radius 2 is 1.55 bits per heavy atom. The summed E-state index contributed by atoms with van der Waals surface area (Å²) in [5, 5.41) is 14.3. The monoisotopic (exact) mass is 386 g/mol. The van der Waals surface area contributed by atoms with E-state index in [2.05, 4.69) is 0 Å². The molecule has 1 N–H and O–H groups in total. The second-order valence-electron chi connectivity index (χ2n) is 6.97. The maximum absolute atomic E-state index is 12.6. The molecule has 0 saturated carbocycles. The van der Waals surface area contributed by atoms with Crippen molar-refractivity contribution in [2.45, 2.75) is 6.61 Å². The molecule has 0 saturated heterocycles. The van der Waals surface area contributed by atoms with E-state index in [0.29, 0.717) is 33.4 Å². The highest BCUT2D eigenvalue weighted by Gasteiger charge is 2.32. The van der Waals surface area contributed by atoms with E-state index in [1.165, 1.54) is 0 Å². The maximum atomic E-state index is 12.6. The minimum absolute atomic E-state index is 0.0337. The van der Waals surface area contributed by atoms with Crippen LogP contribution in [0.25, 0.3) is 32.7 Å². The zero-order chi connectivity index (χ0) is 20.1. The van der Waals surface area contributed by atoms with Gasteiger partial charge in [0, 0.05) is 16.5 Å². The van der Waals surface area contributed by atoms with Crippen molar-refractivity contribution in [2.75, 3.05) is 14.2 Å². The zero-order valence-corrected chi connectivity index (χ0v) is 16.0. The third kappa shape index (κ3) is 2.51. The van der Waals surface area contributed by atoms with Gasteiger partial charge in [0.15, 0.2) is 11.5 Å². The van der Waals surface area contributed by atoms with Gasteiger partial charge in [0.25, 0.3) is 0 Å². The van der Waals surface area contributed by atoms with E-state index in [1.807, 2.05) is 42.5 Å². The molecule has 1 aliphatic rings. The number of methoxy groups -OCH3 is 2. The van der Waals surface area contributed by atoms with Gasteiger partial charge in [0.2, 0.25) is 0 Å². The molecule has 0 atom stereocenters. The molecule has 0 radical (unpaired) electrons. The van der Waals surface area contributed by atoms with Crippen LogP contribution in [-0.2, 0) is 11.3 Å². The molecular formula is C24H18O5. The summed E-state index contributed by atoms with van der Waals surface area (Å²) < 4.78 is 16.2. The predicted molar refractivity (Wildman–Crippen MR) is 111 cm³/mol. The van der Waals surface area contributed by atoms with Crippen molar-refractivity contribution < 1.29 is 24.1 Å². The van der Waals surface area contributed by atoms with E-state index >= 15 is 0 Å². The Balaban J connectivity index is 1.93. The van der Waals surface area contributed by atoms with Gasteiger partial charge in [-0.25, -0.2) is 4.79 Å². The molecule has 5 heteroatoms. The molecule has 0 aromatic heterocycles. The summed E-state index contributed by atoms with van der Waals surface area (Å²) in [6, 6.07) is 17.6. The van der Waals surface area contributed by atoms with Gasteiger partial charge in [-0.2, -0.15) is 0 Å². The molecule has 29 heavy (non-hydrogen) atoms. The van der Waals surface area contributed by atoms with Crippen LogP contribution in [-0.4, -0.2) is 25.3 Å². The number of aromatic hydroxyl groups is 1. The number of esters is 1. The Morgan fingerprint density at radius 3 is 2.28 bits per heavy atom. The van der Waals surface area contributed by atoms with E-state index in [1.54, 1.807) is 26.4 Å². The molecule has 0 aliphatic carbocycles. The van der Waals surface area contributed by atoms with Crippen LogP contribution in [0, 0.1) is 0 Å². The third-order valence-electron chi connectivity index (χ3n) is 5.48. The summed E-state index contributed by atoms with van der Waals surface area (Å²) in [4.78, 5) is 12.6. The van der Waals surface area contributed by atoms with Crippen LogP contribution in [0.5, 0.6) is 17.2 Å². The molecule has 5 nitrogen and oxygen atoms in total. The number of hydrogen-bond acceptors (Lipinski definition) is 5. The number of phenolic OH excluding ortho intramolecular Hbond substituents is 1. The number of carbonyl (C=O) groups excluding carboxylic acids is 1. The highest BCUT2D eigenvalue weighted by Crippen LogP contribution is 2.47. The van der Waals surface area contributed by atoms with Crippen molar-refractivity contribution in [1.82, 2.24) is 0 Å². The second-order valence-corrected chi connectivity index (χ2v) is 6.97. The first-order valence-electron chi connectivity index (χ1n) is 9.22. The van der Waals surface area contributed by atoms with Crippen molar-refractivity contribution in [3.63, 3.8) is 0 Å². The van der Waals surface area contributed by atoms with E-state index in [4.69, 9.17) is 14.2 Å². The summed E-state index contributed by atoms with van der Waals surface area (Å²) in [5.74, 6) is 0.624. The third-order valence-corrected chi connectivity index (χ3v) is 5.48. The lowest BCUT2D eigenvalue weighted by atomic mass is 9.88. The number of benzene rings is 4. The van der Waals surface area contributed by atoms with Crippen LogP contribution in [0.2, 0.25) is 0 Å². The Kier molecular flexibility index (Phi) is 3.84. The number of ether oxygens (including phenoxy) is 3. The van der Waals surface area contributed by atoms with E-state index < -0.39 is 5.97 Å². The molecule has 4 aromatic carbocycles. The zero-order valence-electron chi connectivity index (χ0n) is 16.0. The van der Waals surface area contributed by atoms with Gasteiger partial charge in [-0.3, -0.25) is 0 Å². The van der Waals surface area contributed by atoms with Crippen molar-refractivity contribution in [3.05, 3.63) is 65.7 Å². The topological polar surface area (TPSA) is 65.0 Å². The molecule has 144 valence electrons. The minimum atomic E-state index is -0.435. The first kappa shape index (κ1) is 17.4. The Bertz CT molecular complexity index is 1310. The van der Waals surface area contributed by atoms with E-state index in [-0.39, 0.29) is 12.4 Å². The molecule has 0 fully saturated rings. The lowest BCUT2D eigenvalue weighted by Crippen LogP contribution is -2.00. The van der Waals surface area contributed by atoms with Gasteiger partial charge in [-0.05, 0) is 39.9 Å². The summed E-state index contributed by atoms with van der Waals surface area (Å²) >= 11 is 0. The molecule has 4 aromatic rings.